The van der Waals surface area contributed by atoms with Crippen LogP contribution >= 0.6 is 0 Å². The van der Waals surface area contributed by atoms with Gasteiger partial charge in [0.1, 0.15) is 5.75 Å². The van der Waals surface area contributed by atoms with Crippen molar-refractivity contribution >= 4 is 22.4 Å². The van der Waals surface area contributed by atoms with Gasteiger partial charge in [-0.05, 0) is 41.6 Å². The summed E-state index contributed by atoms with van der Waals surface area (Å²) >= 11 is 0. The van der Waals surface area contributed by atoms with Gasteiger partial charge in [0.15, 0.2) is 0 Å². The molecule has 0 atom stereocenters. The topological polar surface area (TPSA) is 61.5 Å². The second-order valence-electron chi connectivity index (χ2n) is 5.38. The number of benzene rings is 3. The monoisotopic (exact) mass is 321 g/mol. The highest BCUT2D eigenvalue weighted by molar-refractivity contribution is 6.11. The maximum absolute atomic E-state index is 12.5. The molecular weight excluding hydrogens is 302 g/mol. The van der Waals surface area contributed by atoms with Crippen molar-refractivity contribution in [3.05, 3.63) is 60.2 Å². The lowest BCUT2D eigenvalue weighted by Crippen LogP contribution is -2.10. The molecule has 0 saturated carbocycles. The Kier molecular flexibility index (Phi) is 4.38. The Bertz CT molecular complexity index is 885. The van der Waals surface area contributed by atoms with Crippen LogP contribution in [0.15, 0.2) is 54.6 Å². The van der Waals surface area contributed by atoms with Crippen LogP contribution in [-0.2, 0) is 4.74 Å². The van der Waals surface area contributed by atoms with Crippen molar-refractivity contribution in [3.63, 3.8) is 0 Å². The summed E-state index contributed by atoms with van der Waals surface area (Å²) in [4.78, 5) is 12.5. The van der Waals surface area contributed by atoms with Crippen LogP contribution in [0.25, 0.3) is 21.9 Å². The minimum absolute atomic E-state index is 0.299. The Morgan fingerprint density at radius 2 is 1.79 bits per heavy atom. The van der Waals surface area contributed by atoms with E-state index < -0.39 is 5.97 Å². The molecule has 0 amide bonds. The zero-order valence-electron chi connectivity index (χ0n) is 13.7. The van der Waals surface area contributed by atoms with Gasteiger partial charge in [0.05, 0.1) is 25.0 Å². The fraction of sp³-hybridized carbons (Fsp3) is 0.150. The normalized spacial score (nSPS) is 10.6. The predicted octanol–water partition coefficient (Wildman–Crippen LogP) is 4.27. The van der Waals surface area contributed by atoms with Crippen LogP contribution in [0, 0.1) is 0 Å². The fourth-order valence-corrected chi connectivity index (χ4v) is 2.80. The largest absolute Gasteiger partial charge is 0.497 e. The van der Waals surface area contributed by atoms with Crippen LogP contribution < -0.4 is 10.5 Å². The van der Waals surface area contributed by atoms with E-state index in [1.54, 1.807) is 14.0 Å². The third-order valence-corrected chi connectivity index (χ3v) is 3.97. The molecule has 0 radical (unpaired) electrons. The molecule has 4 nitrogen and oxygen atoms in total. The predicted molar refractivity (Wildman–Crippen MR) is 96.3 cm³/mol. The molecule has 0 fully saturated rings. The number of esters is 1. The summed E-state index contributed by atoms with van der Waals surface area (Å²) in [5.41, 5.74) is 8.81. The Morgan fingerprint density at radius 3 is 2.46 bits per heavy atom. The molecule has 0 heterocycles. The van der Waals surface area contributed by atoms with Crippen LogP contribution in [0.2, 0.25) is 0 Å². The molecule has 2 N–H and O–H groups in total. The number of carbonyl (C=O) groups excluding carboxylic acids is 1. The average molecular weight is 321 g/mol. The number of nitrogens with two attached hydrogens (primary N) is 1. The van der Waals surface area contributed by atoms with Gasteiger partial charge >= 0.3 is 5.97 Å². The first-order valence-electron chi connectivity index (χ1n) is 7.78. The molecule has 0 saturated heterocycles. The Morgan fingerprint density at radius 1 is 1.08 bits per heavy atom. The molecule has 122 valence electrons. The summed E-state index contributed by atoms with van der Waals surface area (Å²) in [5, 5.41) is 1.83. The molecule has 0 aliphatic carbocycles. The quantitative estimate of drug-likeness (QED) is 0.575. The van der Waals surface area contributed by atoms with Gasteiger partial charge in [-0.3, -0.25) is 0 Å². The van der Waals surface area contributed by atoms with Gasteiger partial charge < -0.3 is 15.2 Å². The Labute approximate surface area is 140 Å². The zero-order chi connectivity index (χ0) is 17.1. The van der Waals surface area contributed by atoms with E-state index >= 15 is 0 Å². The minimum atomic E-state index is -0.411. The van der Waals surface area contributed by atoms with Crippen LogP contribution in [-0.4, -0.2) is 19.7 Å². The van der Waals surface area contributed by atoms with Crippen LogP contribution in [0.5, 0.6) is 5.75 Å². The van der Waals surface area contributed by atoms with E-state index in [-0.39, 0.29) is 0 Å². The molecule has 0 unspecified atom stereocenters. The van der Waals surface area contributed by atoms with Crippen LogP contribution in [0.4, 0.5) is 5.69 Å². The molecule has 3 rings (SSSR count). The van der Waals surface area contributed by atoms with Gasteiger partial charge in [0.2, 0.25) is 0 Å². The first-order chi connectivity index (χ1) is 11.7. The lowest BCUT2D eigenvalue weighted by Gasteiger charge is -2.15. The molecule has 24 heavy (non-hydrogen) atoms. The molecule has 3 aromatic carbocycles. The smallest absolute Gasteiger partial charge is 0.340 e. The SMILES string of the molecule is CCOC(=O)c1c(-c2ccc(OC)cc2)cc2ccccc2c1N. The summed E-state index contributed by atoms with van der Waals surface area (Å²) in [6.07, 6.45) is 0. The number of hydrogen-bond donors (Lipinski definition) is 1. The van der Waals surface area contributed by atoms with Gasteiger partial charge in [0.25, 0.3) is 0 Å². The number of methoxy groups -OCH3 is 1. The summed E-state index contributed by atoms with van der Waals surface area (Å²) in [6, 6.07) is 17.2. The van der Waals surface area contributed by atoms with Crippen molar-refractivity contribution < 1.29 is 14.3 Å². The Hall–Kier alpha value is -3.01. The molecule has 0 aliphatic heterocycles. The van der Waals surface area contributed by atoms with Gasteiger partial charge in [-0.2, -0.15) is 0 Å². The maximum atomic E-state index is 12.5. The van der Waals surface area contributed by atoms with Crippen molar-refractivity contribution in [2.75, 3.05) is 19.5 Å². The second kappa shape index (κ2) is 6.62. The van der Waals surface area contributed by atoms with Crippen LogP contribution in [0.3, 0.4) is 0 Å². The summed E-state index contributed by atoms with van der Waals surface area (Å²) in [7, 11) is 1.62. The maximum Gasteiger partial charge on any atom is 0.340 e. The third-order valence-electron chi connectivity index (χ3n) is 3.97. The highest BCUT2D eigenvalue weighted by Gasteiger charge is 2.20. The van der Waals surface area contributed by atoms with Gasteiger partial charge in [-0.15, -0.1) is 0 Å². The van der Waals surface area contributed by atoms with E-state index in [0.717, 1.165) is 27.6 Å². The number of rotatable bonds is 4. The zero-order valence-corrected chi connectivity index (χ0v) is 13.7. The van der Waals surface area contributed by atoms with Gasteiger partial charge in [-0.1, -0.05) is 36.4 Å². The number of anilines is 1. The molecule has 0 bridgehead atoms. The lowest BCUT2D eigenvalue weighted by molar-refractivity contribution is 0.0528. The van der Waals surface area contributed by atoms with E-state index in [0.29, 0.717) is 17.9 Å². The summed E-state index contributed by atoms with van der Waals surface area (Å²) < 4.78 is 10.4. The Balaban J connectivity index is 2.27. The first kappa shape index (κ1) is 15.9. The molecular formula is C20H19NO3. The highest BCUT2D eigenvalue weighted by atomic mass is 16.5. The molecule has 4 heteroatoms. The molecule has 0 aliphatic rings. The van der Waals surface area contributed by atoms with E-state index in [9.17, 15) is 4.79 Å². The van der Waals surface area contributed by atoms with Crippen LogP contribution in [0.1, 0.15) is 17.3 Å². The standard InChI is InChI=1S/C20H19NO3/c1-3-24-20(22)18-17(13-8-10-15(23-2)11-9-13)12-14-6-4-5-7-16(14)19(18)21/h4-12H,3,21H2,1-2H3. The molecule has 0 aromatic heterocycles. The van der Waals surface area contributed by atoms with Crippen molar-refractivity contribution in [2.24, 2.45) is 0 Å². The van der Waals surface area contributed by atoms with Crippen molar-refractivity contribution in [1.82, 2.24) is 0 Å². The summed E-state index contributed by atoms with van der Waals surface area (Å²) in [6.45, 7) is 2.08. The van der Waals surface area contributed by atoms with E-state index in [1.807, 2.05) is 54.6 Å². The van der Waals surface area contributed by atoms with E-state index in [2.05, 4.69) is 0 Å². The number of ether oxygens (including phenoxy) is 2. The van der Waals surface area contributed by atoms with Crippen molar-refractivity contribution in [3.8, 4) is 16.9 Å². The number of carbonyl (C=O) groups is 1. The molecule has 3 aromatic rings. The lowest BCUT2D eigenvalue weighted by atomic mass is 9.93. The van der Waals surface area contributed by atoms with E-state index in [4.69, 9.17) is 15.2 Å². The van der Waals surface area contributed by atoms with E-state index in [1.165, 1.54) is 0 Å². The van der Waals surface area contributed by atoms with Crippen molar-refractivity contribution in [1.29, 1.82) is 0 Å². The number of fused-ring (bicyclic) bond motifs is 1. The first-order valence-corrected chi connectivity index (χ1v) is 7.78. The number of hydrogen-bond acceptors (Lipinski definition) is 4. The molecule has 0 spiro atoms. The second-order valence-corrected chi connectivity index (χ2v) is 5.38. The van der Waals surface area contributed by atoms with Crippen molar-refractivity contribution in [2.45, 2.75) is 6.92 Å². The highest BCUT2D eigenvalue weighted by Crippen LogP contribution is 2.35. The number of nitrogen functional groups attached to an aromatic ring is 1. The minimum Gasteiger partial charge on any atom is -0.497 e. The van der Waals surface area contributed by atoms with Gasteiger partial charge in [0, 0.05) is 5.39 Å². The third kappa shape index (κ3) is 2.78. The fourth-order valence-electron chi connectivity index (χ4n) is 2.80. The van der Waals surface area contributed by atoms with Gasteiger partial charge in [-0.25, -0.2) is 4.79 Å². The summed E-state index contributed by atoms with van der Waals surface area (Å²) in [5.74, 6) is 0.344. The average Bonchev–Trinajstić information content (AvgIpc) is 2.62.